The molecule has 0 aliphatic heterocycles. The molecule has 1 rings (SSSR count). The second-order valence-corrected chi connectivity index (χ2v) is 2.81. The third kappa shape index (κ3) is 4.41. The quantitative estimate of drug-likeness (QED) is 0.669. The van der Waals surface area contributed by atoms with E-state index in [1.165, 1.54) is 0 Å². The highest BCUT2D eigenvalue weighted by Crippen LogP contribution is 2.15. The van der Waals surface area contributed by atoms with Crippen molar-refractivity contribution < 1.29 is 0 Å². The monoisotopic (exact) mass is 201 g/mol. The molecule has 15 heavy (non-hydrogen) atoms. The number of hydrogen-bond donors (Lipinski definition) is 0. The maximum absolute atomic E-state index is 4.11. The summed E-state index contributed by atoms with van der Waals surface area (Å²) in [4.78, 5) is 4.11. The summed E-state index contributed by atoms with van der Waals surface area (Å²) in [5.74, 6) is 0. The molecule has 1 aromatic heterocycles. The van der Waals surface area contributed by atoms with E-state index in [1.54, 1.807) is 12.2 Å². The van der Waals surface area contributed by atoms with E-state index in [2.05, 4.69) is 24.2 Å². The Bertz CT molecular complexity index is 348. The van der Waals surface area contributed by atoms with Crippen LogP contribution in [0.3, 0.4) is 0 Å². The summed E-state index contributed by atoms with van der Waals surface area (Å²) in [6.07, 6.45) is 9.13. The molecule has 0 spiro atoms. The summed E-state index contributed by atoms with van der Waals surface area (Å²) < 4.78 is 0. The Morgan fingerprint density at radius 3 is 2.40 bits per heavy atom. The number of aryl methyl sites for hydroxylation is 1. The van der Waals surface area contributed by atoms with Gasteiger partial charge in [0.1, 0.15) is 0 Å². The fourth-order valence-corrected chi connectivity index (χ4v) is 1.12. The van der Waals surface area contributed by atoms with Crippen LogP contribution in [0.15, 0.2) is 49.8 Å². The van der Waals surface area contributed by atoms with Crippen molar-refractivity contribution >= 4 is 5.57 Å². The van der Waals surface area contributed by atoms with E-state index < -0.39 is 0 Å². The van der Waals surface area contributed by atoms with Crippen molar-refractivity contribution in [1.82, 2.24) is 4.98 Å². The van der Waals surface area contributed by atoms with Gasteiger partial charge < -0.3 is 0 Å². The van der Waals surface area contributed by atoms with Gasteiger partial charge in [-0.25, -0.2) is 0 Å². The molecule has 1 heteroatoms. The molecule has 0 fully saturated rings. The van der Waals surface area contributed by atoms with Crippen molar-refractivity contribution in [3.63, 3.8) is 0 Å². The smallest absolute Gasteiger partial charge is 0.0346 e. The Labute approximate surface area is 92.9 Å². The van der Waals surface area contributed by atoms with Gasteiger partial charge in [-0.3, -0.25) is 4.98 Å². The van der Waals surface area contributed by atoms with Gasteiger partial charge in [0.2, 0.25) is 0 Å². The fourth-order valence-electron chi connectivity index (χ4n) is 1.12. The molecule has 0 N–H and O–H groups in total. The predicted octanol–water partition coefficient (Wildman–Crippen LogP) is 4.17. The van der Waals surface area contributed by atoms with E-state index in [4.69, 9.17) is 0 Å². The molecular formula is C14H19N. The number of pyridine rings is 1. The lowest BCUT2D eigenvalue weighted by Gasteiger charge is -2.01. The van der Waals surface area contributed by atoms with Crippen molar-refractivity contribution in [3.8, 4) is 0 Å². The predicted molar refractivity (Wildman–Crippen MR) is 68.7 cm³/mol. The lowest BCUT2D eigenvalue weighted by molar-refractivity contribution is 1.25. The van der Waals surface area contributed by atoms with Crippen LogP contribution in [0.2, 0.25) is 0 Å². The summed E-state index contributed by atoms with van der Waals surface area (Å²) in [7, 11) is 0. The summed E-state index contributed by atoms with van der Waals surface area (Å²) >= 11 is 0. The van der Waals surface area contributed by atoms with Gasteiger partial charge in [-0.2, -0.15) is 0 Å². The van der Waals surface area contributed by atoms with Gasteiger partial charge in [-0.05, 0) is 24.1 Å². The van der Waals surface area contributed by atoms with Crippen molar-refractivity contribution in [2.45, 2.75) is 20.8 Å². The molecule has 0 saturated carbocycles. The Balaban J connectivity index is 0.000000921. The number of allylic oxidation sites excluding steroid dienone is 4. The van der Waals surface area contributed by atoms with E-state index in [9.17, 15) is 0 Å². The zero-order valence-corrected chi connectivity index (χ0v) is 9.83. The van der Waals surface area contributed by atoms with Crippen LogP contribution >= 0.6 is 0 Å². The van der Waals surface area contributed by atoms with Crippen molar-refractivity contribution in [2.75, 3.05) is 0 Å². The molecule has 0 unspecified atom stereocenters. The minimum Gasteiger partial charge on any atom is -0.264 e. The van der Waals surface area contributed by atoms with Gasteiger partial charge in [0, 0.05) is 18.0 Å². The normalized spacial score (nSPS) is 9.93. The Morgan fingerprint density at radius 1 is 1.27 bits per heavy atom. The Hall–Kier alpha value is -1.63. The number of aromatic nitrogens is 1. The zero-order chi connectivity index (χ0) is 11.7. The highest BCUT2D eigenvalue weighted by molar-refractivity contribution is 5.74. The number of nitrogens with zero attached hydrogens (tertiary/aromatic N) is 1. The maximum Gasteiger partial charge on any atom is 0.0346 e. The molecule has 1 aromatic rings. The second-order valence-electron chi connectivity index (χ2n) is 2.81. The first-order valence-corrected chi connectivity index (χ1v) is 5.15. The van der Waals surface area contributed by atoms with E-state index in [-0.39, 0.29) is 0 Å². The molecular weight excluding hydrogens is 182 g/mol. The Kier molecular flexibility index (Phi) is 6.90. The first kappa shape index (κ1) is 13.4. The van der Waals surface area contributed by atoms with Crippen LogP contribution in [0.4, 0.5) is 0 Å². The fraction of sp³-hybridized carbons (Fsp3) is 0.214. The summed E-state index contributed by atoms with van der Waals surface area (Å²) in [6, 6.07) is 2.07. The molecule has 80 valence electrons. The van der Waals surface area contributed by atoms with E-state index in [1.807, 2.05) is 39.2 Å². The van der Waals surface area contributed by atoms with Gasteiger partial charge in [-0.1, -0.05) is 45.2 Å². The van der Waals surface area contributed by atoms with Gasteiger partial charge in [0.15, 0.2) is 0 Å². The van der Waals surface area contributed by atoms with Gasteiger partial charge in [0.05, 0.1) is 0 Å². The van der Waals surface area contributed by atoms with Crippen molar-refractivity contribution in [3.05, 3.63) is 61.0 Å². The van der Waals surface area contributed by atoms with Gasteiger partial charge >= 0.3 is 0 Å². The van der Waals surface area contributed by atoms with Crippen LogP contribution in [0, 0.1) is 6.92 Å². The molecule has 0 atom stereocenters. The molecule has 0 bridgehead atoms. The van der Waals surface area contributed by atoms with Crippen molar-refractivity contribution in [2.24, 2.45) is 0 Å². The van der Waals surface area contributed by atoms with Crippen molar-refractivity contribution in [1.29, 1.82) is 0 Å². The molecule has 0 aliphatic carbocycles. The minimum atomic E-state index is 1.05. The zero-order valence-electron chi connectivity index (χ0n) is 9.83. The third-order valence-corrected chi connectivity index (χ3v) is 1.73. The largest absolute Gasteiger partial charge is 0.264 e. The Morgan fingerprint density at radius 2 is 1.93 bits per heavy atom. The van der Waals surface area contributed by atoms with Crippen LogP contribution < -0.4 is 0 Å². The van der Waals surface area contributed by atoms with Crippen LogP contribution in [0.1, 0.15) is 25.0 Å². The van der Waals surface area contributed by atoms with Gasteiger partial charge in [-0.15, -0.1) is 0 Å². The molecule has 0 saturated heterocycles. The first-order chi connectivity index (χ1) is 7.27. The van der Waals surface area contributed by atoms with E-state index in [0.717, 1.165) is 16.7 Å². The summed E-state index contributed by atoms with van der Waals surface area (Å²) in [5.41, 5.74) is 3.27. The average molecular weight is 201 g/mol. The topological polar surface area (TPSA) is 12.9 Å². The van der Waals surface area contributed by atoms with Gasteiger partial charge in [0.25, 0.3) is 0 Å². The standard InChI is InChI=1S/C12H13N.C2H6/c1-4-6-11(5-2)12-7-10(3)8-13-9-12;1-2/h4-9H,1-2H2,3H3;1-2H3/b11-6+;. The minimum absolute atomic E-state index is 1.05. The third-order valence-electron chi connectivity index (χ3n) is 1.73. The molecule has 0 aromatic carbocycles. The number of hydrogen-bond acceptors (Lipinski definition) is 1. The molecule has 0 radical (unpaired) electrons. The molecule has 1 heterocycles. The van der Waals surface area contributed by atoms with Crippen LogP contribution in [-0.4, -0.2) is 4.98 Å². The highest BCUT2D eigenvalue weighted by Gasteiger charge is 1.96. The van der Waals surface area contributed by atoms with Crippen LogP contribution in [-0.2, 0) is 0 Å². The maximum atomic E-state index is 4.11. The summed E-state index contributed by atoms with van der Waals surface area (Å²) in [5, 5.41) is 0. The van der Waals surface area contributed by atoms with Crippen LogP contribution in [0.25, 0.3) is 5.57 Å². The lowest BCUT2D eigenvalue weighted by Crippen LogP contribution is -1.84. The lowest BCUT2D eigenvalue weighted by atomic mass is 10.1. The first-order valence-electron chi connectivity index (χ1n) is 5.15. The summed E-state index contributed by atoms with van der Waals surface area (Å²) in [6.45, 7) is 13.4. The van der Waals surface area contributed by atoms with Crippen LogP contribution in [0.5, 0.6) is 0 Å². The average Bonchev–Trinajstić information content (AvgIpc) is 2.28. The SMILES string of the molecule is C=C/C=C(\C=C)c1cncc(C)c1.CC. The second kappa shape index (κ2) is 7.74. The molecule has 1 nitrogen and oxygen atoms in total. The van der Waals surface area contributed by atoms with E-state index >= 15 is 0 Å². The molecule has 0 aliphatic rings. The molecule has 0 amide bonds. The van der Waals surface area contributed by atoms with E-state index in [0.29, 0.717) is 0 Å². The number of rotatable bonds is 3. The highest BCUT2D eigenvalue weighted by atomic mass is 14.6.